The lowest BCUT2D eigenvalue weighted by molar-refractivity contribution is 0.0724. The summed E-state index contributed by atoms with van der Waals surface area (Å²) in [4.78, 5) is 13.8. The van der Waals surface area contributed by atoms with E-state index in [-0.39, 0.29) is 22.6 Å². The predicted molar refractivity (Wildman–Crippen MR) is 67.9 cm³/mol. The van der Waals surface area contributed by atoms with E-state index >= 15 is 0 Å². The molecule has 2 rings (SSSR count). The molecule has 1 aliphatic heterocycles. The van der Waals surface area contributed by atoms with Crippen molar-refractivity contribution in [1.82, 2.24) is 4.90 Å². The first kappa shape index (κ1) is 12.5. The van der Waals surface area contributed by atoms with Crippen LogP contribution in [0, 0.1) is 0 Å². The minimum Gasteiger partial charge on any atom is -0.507 e. The Balaban J connectivity index is 2.21. The zero-order valence-electron chi connectivity index (χ0n) is 9.20. The first-order valence-corrected chi connectivity index (χ1v) is 6.31. The number of phenols is 1. The maximum Gasteiger partial charge on any atom is 0.257 e. The summed E-state index contributed by atoms with van der Waals surface area (Å²) < 4.78 is 0. The number of likely N-dealkylation sites (tertiary alicyclic amines) is 1. The van der Waals surface area contributed by atoms with E-state index in [2.05, 4.69) is 0 Å². The van der Waals surface area contributed by atoms with Crippen molar-refractivity contribution in [3.63, 3.8) is 0 Å². The molecule has 0 aromatic heterocycles. The minimum atomic E-state index is -0.213. The molecule has 3 nitrogen and oxygen atoms in total. The first-order valence-electron chi connectivity index (χ1n) is 5.50. The molecule has 1 heterocycles. The number of alkyl halides is 1. The Morgan fingerprint density at radius 1 is 1.47 bits per heavy atom. The molecule has 1 fully saturated rings. The second kappa shape index (κ2) is 5.15. The number of rotatable bonds is 1. The predicted octanol–water partition coefficient (Wildman–Crippen LogP) is 2.89. The van der Waals surface area contributed by atoms with Gasteiger partial charge >= 0.3 is 0 Å². The Kier molecular flexibility index (Phi) is 3.79. The third-order valence-electron chi connectivity index (χ3n) is 2.84. The molecular formula is C12H13Cl2NO2. The van der Waals surface area contributed by atoms with E-state index in [1.54, 1.807) is 11.0 Å². The topological polar surface area (TPSA) is 40.5 Å². The maximum atomic E-state index is 12.2. The molecule has 0 radical (unpaired) electrons. The van der Waals surface area contributed by atoms with Gasteiger partial charge in [-0.05, 0) is 31.0 Å². The zero-order valence-corrected chi connectivity index (χ0v) is 10.7. The van der Waals surface area contributed by atoms with Crippen molar-refractivity contribution >= 4 is 29.1 Å². The number of benzene rings is 1. The van der Waals surface area contributed by atoms with Crippen molar-refractivity contribution in [2.75, 3.05) is 13.1 Å². The van der Waals surface area contributed by atoms with E-state index in [0.717, 1.165) is 12.8 Å². The van der Waals surface area contributed by atoms with E-state index in [4.69, 9.17) is 23.2 Å². The molecule has 17 heavy (non-hydrogen) atoms. The molecule has 0 spiro atoms. The molecule has 1 aromatic carbocycles. The number of amides is 1. The minimum absolute atomic E-state index is 0.00553. The van der Waals surface area contributed by atoms with E-state index in [0.29, 0.717) is 18.1 Å². The molecule has 5 heteroatoms. The van der Waals surface area contributed by atoms with Crippen LogP contribution < -0.4 is 0 Å². The molecule has 92 valence electrons. The molecule has 0 aliphatic carbocycles. The van der Waals surface area contributed by atoms with Crippen LogP contribution in [-0.4, -0.2) is 34.4 Å². The van der Waals surface area contributed by atoms with Crippen LogP contribution in [0.25, 0.3) is 0 Å². The van der Waals surface area contributed by atoms with Gasteiger partial charge in [-0.3, -0.25) is 4.79 Å². The first-order chi connectivity index (χ1) is 8.08. The summed E-state index contributed by atoms with van der Waals surface area (Å²) in [5, 5.41) is 10.1. The van der Waals surface area contributed by atoms with Gasteiger partial charge in [0.2, 0.25) is 0 Å². The number of piperidine rings is 1. The highest BCUT2D eigenvalue weighted by atomic mass is 35.5. The standard InChI is InChI=1S/C12H13Cl2NO2/c13-8-3-4-11(16)10(6-8)12(17)15-5-1-2-9(14)7-15/h3-4,6,9,16H,1-2,5,7H2. The van der Waals surface area contributed by atoms with Crippen molar-refractivity contribution in [2.45, 2.75) is 18.2 Å². The van der Waals surface area contributed by atoms with Gasteiger partial charge in [0.05, 0.1) is 10.9 Å². The van der Waals surface area contributed by atoms with Gasteiger partial charge in [0, 0.05) is 18.1 Å². The zero-order chi connectivity index (χ0) is 12.4. The van der Waals surface area contributed by atoms with Gasteiger partial charge in [-0.15, -0.1) is 11.6 Å². The van der Waals surface area contributed by atoms with Crippen molar-refractivity contribution in [3.05, 3.63) is 28.8 Å². The molecule has 1 aliphatic rings. The molecule has 1 aromatic rings. The van der Waals surface area contributed by atoms with Gasteiger partial charge in [-0.2, -0.15) is 0 Å². The lowest BCUT2D eigenvalue weighted by Crippen LogP contribution is -2.40. The number of phenolic OH excluding ortho intramolecular Hbond substituents is 1. The summed E-state index contributed by atoms with van der Waals surface area (Å²) in [6.45, 7) is 1.19. The number of carbonyl (C=O) groups is 1. The van der Waals surface area contributed by atoms with Crippen molar-refractivity contribution in [2.24, 2.45) is 0 Å². The summed E-state index contributed by atoms with van der Waals surface area (Å²) in [5.74, 6) is -0.258. The van der Waals surface area contributed by atoms with Crippen molar-refractivity contribution in [1.29, 1.82) is 0 Å². The second-order valence-electron chi connectivity index (χ2n) is 4.15. The Morgan fingerprint density at radius 2 is 2.24 bits per heavy atom. The lowest BCUT2D eigenvalue weighted by Gasteiger charge is -2.30. The van der Waals surface area contributed by atoms with E-state index in [1.807, 2.05) is 0 Å². The van der Waals surface area contributed by atoms with Crippen LogP contribution in [0.1, 0.15) is 23.2 Å². The van der Waals surface area contributed by atoms with Crippen LogP contribution in [0.15, 0.2) is 18.2 Å². The molecule has 1 atom stereocenters. The molecule has 0 saturated carbocycles. The van der Waals surface area contributed by atoms with Crippen LogP contribution in [0.4, 0.5) is 0 Å². The molecular weight excluding hydrogens is 261 g/mol. The van der Waals surface area contributed by atoms with E-state index < -0.39 is 0 Å². The van der Waals surface area contributed by atoms with Gasteiger partial charge in [0.1, 0.15) is 5.75 Å². The summed E-state index contributed by atoms with van der Waals surface area (Å²) in [7, 11) is 0. The van der Waals surface area contributed by atoms with Crippen LogP contribution in [0.2, 0.25) is 5.02 Å². The Labute approximate surface area is 110 Å². The summed E-state index contributed by atoms with van der Waals surface area (Å²) in [6, 6.07) is 4.46. The Bertz CT molecular complexity index is 437. The molecule has 1 saturated heterocycles. The average molecular weight is 274 g/mol. The smallest absolute Gasteiger partial charge is 0.257 e. The maximum absolute atomic E-state index is 12.2. The number of hydrogen-bond acceptors (Lipinski definition) is 2. The number of carbonyl (C=O) groups excluding carboxylic acids is 1. The highest BCUT2D eigenvalue weighted by molar-refractivity contribution is 6.31. The quantitative estimate of drug-likeness (QED) is 0.800. The van der Waals surface area contributed by atoms with Crippen LogP contribution in [0.3, 0.4) is 0 Å². The highest BCUT2D eigenvalue weighted by Crippen LogP contribution is 2.25. The molecule has 1 amide bonds. The number of aromatic hydroxyl groups is 1. The summed E-state index contributed by atoms with van der Waals surface area (Å²) in [6.07, 6.45) is 1.81. The molecule has 1 unspecified atom stereocenters. The largest absolute Gasteiger partial charge is 0.507 e. The number of nitrogens with zero attached hydrogens (tertiary/aromatic N) is 1. The second-order valence-corrected chi connectivity index (χ2v) is 5.21. The summed E-state index contributed by atoms with van der Waals surface area (Å²) in [5.41, 5.74) is 0.239. The molecule has 0 bridgehead atoms. The van der Waals surface area contributed by atoms with E-state index in [1.165, 1.54) is 12.1 Å². The fourth-order valence-corrected chi connectivity index (χ4v) is 2.45. The van der Waals surface area contributed by atoms with Crippen molar-refractivity contribution < 1.29 is 9.90 Å². The van der Waals surface area contributed by atoms with Gasteiger partial charge in [-0.25, -0.2) is 0 Å². The van der Waals surface area contributed by atoms with Crippen LogP contribution in [0.5, 0.6) is 5.75 Å². The fourth-order valence-electron chi connectivity index (χ4n) is 1.96. The summed E-state index contributed by atoms with van der Waals surface area (Å²) >= 11 is 11.9. The van der Waals surface area contributed by atoms with E-state index in [9.17, 15) is 9.90 Å². The van der Waals surface area contributed by atoms with Crippen molar-refractivity contribution in [3.8, 4) is 5.75 Å². The fraction of sp³-hybridized carbons (Fsp3) is 0.417. The number of halogens is 2. The third kappa shape index (κ3) is 2.85. The molecule has 1 N–H and O–H groups in total. The highest BCUT2D eigenvalue weighted by Gasteiger charge is 2.24. The van der Waals surface area contributed by atoms with Crippen LogP contribution >= 0.6 is 23.2 Å². The Morgan fingerprint density at radius 3 is 2.94 bits per heavy atom. The SMILES string of the molecule is O=C(c1cc(Cl)ccc1O)N1CCCC(Cl)C1. The number of hydrogen-bond donors (Lipinski definition) is 1. The van der Waals surface area contributed by atoms with Crippen LogP contribution in [-0.2, 0) is 0 Å². The third-order valence-corrected chi connectivity index (χ3v) is 3.43. The van der Waals surface area contributed by atoms with Gasteiger partial charge < -0.3 is 10.0 Å². The normalized spacial score (nSPS) is 20.4. The monoisotopic (exact) mass is 273 g/mol. The lowest BCUT2D eigenvalue weighted by atomic mass is 10.1. The Hall–Kier alpha value is -0.930. The average Bonchev–Trinajstić information content (AvgIpc) is 2.31. The van der Waals surface area contributed by atoms with Gasteiger partial charge in [0.15, 0.2) is 0 Å². The van der Waals surface area contributed by atoms with Gasteiger partial charge in [0.25, 0.3) is 5.91 Å². The van der Waals surface area contributed by atoms with Gasteiger partial charge in [-0.1, -0.05) is 11.6 Å².